The molecule has 1 aliphatic rings. The van der Waals surface area contributed by atoms with E-state index in [1.165, 1.54) is 24.0 Å². The van der Waals surface area contributed by atoms with Crippen molar-refractivity contribution >= 4 is 23.4 Å². The second-order valence-corrected chi connectivity index (χ2v) is 8.42. The zero-order valence-corrected chi connectivity index (χ0v) is 16.9. The van der Waals surface area contributed by atoms with E-state index in [0.717, 1.165) is 29.2 Å². The number of nitrogens with zero attached hydrogens (tertiary/aromatic N) is 4. The normalized spacial score (nSPS) is 14.4. The van der Waals surface area contributed by atoms with Gasteiger partial charge in [-0.05, 0) is 67.5 Å². The molecule has 0 fully saturated rings. The van der Waals surface area contributed by atoms with Crippen molar-refractivity contribution in [2.24, 2.45) is 7.05 Å². The Morgan fingerprint density at radius 1 is 1.21 bits per heavy atom. The number of thioether (sulfide) groups is 1. The van der Waals surface area contributed by atoms with Crippen molar-refractivity contribution in [1.29, 1.82) is 0 Å². The summed E-state index contributed by atoms with van der Waals surface area (Å²) < 4.78 is 1.90. The number of carbonyl (C=O) groups excluding carboxylic acids is 1. The number of nitrogens with one attached hydrogen (secondary N) is 1. The second kappa shape index (κ2) is 8.14. The molecule has 1 aliphatic carbocycles. The van der Waals surface area contributed by atoms with Gasteiger partial charge >= 0.3 is 0 Å². The molecule has 4 rings (SSSR count). The quantitative estimate of drug-likeness (QED) is 0.658. The first-order chi connectivity index (χ1) is 13.6. The predicted molar refractivity (Wildman–Crippen MR) is 111 cm³/mol. The molecule has 0 aliphatic heterocycles. The van der Waals surface area contributed by atoms with Crippen LogP contribution in [0.25, 0.3) is 0 Å². The topological polar surface area (TPSA) is 72.7 Å². The number of aryl methyl sites for hydroxylation is 3. The lowest BCUT2D eigenvalue weighted by molar-refractivity contribution is 0.102. The fraction of sp³-hybridized carbons (Fsp3) is 0.333. The Kier molecular flexibility index (Phi) is 5.43. The fourth-order valence-electron chi connectivity index (χ4n) is 3.41. The van der Waals surface area contributed by atoms with Crippen LogP contribution < -0.4 is 5.32 Å². The SMILES string of the molecule is CC(Sc1nncn1C)c1cccc(NC(=O)c2cc3c(cn2)CCCC3)c1. The summed E-state index contributed by atoms with van der Waals surface area (Å²) >= 11 is 1.63. The molecule has 28 heavy (non-hydrogen) atoms. The van der Waals surface area contributed by atoms with Gasteiger partial charge in [0.1, 0.15) is 12.0 Å². The van der Waals surface area contributed by atoms with Crippen molar-refractivity contribution in [3.05, 3.63) is 65.2 Å². The zero-order valence-electron chi connectivity index (χ0n) is 16.1. The van der Waals surface area contributed by atoms with E-state index in [1.807, 2.05) is 42.1 Å². The highest BCUT2D eigenvalue weighted by molar-refractivity contribution is 7.99. The number of hydrogen-bond acceptors (Lipinski definition) is 5. The van der Waals surface area contributed by atoms with Crippen LogP contribution in [-0.2, 0) is 19.9 Å². The number of aromatic nitrogens is 4. The van der Waals surface area contributed by atoms with E-state index in [2.05, 4.69) is 33.5 Å². The number of carbonyl (C=O) groups is 1. The predicted octanol–water partition coefficient (Wildman–Crippen LogP) is 4.19. The molecule has 7 heteroatoms. The molecule has 1 aromatic carbocycles. The summed E-state index contributed by atoms with van der Waals surface area (Å²) in [6, 6.07) is 9.86. The minimum Gasteiger partial charge on any atom is -0.321 e. The molecule has 0 spiro atoms. The molecule has 0 saturated heterocycles. The summed E-state index contributed by atoms with van der Waals surface area (Å²) in [7, 11) is 1.93. The standard InChI is InChI=1S/C21H23N5OS/c1-14(28-21-25-23-13-26(21)2)15-8-5-9-18(10-15)24-20(27)19-11-16-6-3-4-7-17(16)12-22-19/h5,8-14H,3-4,6-7H2,1-2H3,(H,24,27). The van der Waals surface area contributed by atoms with Crippen molar-refractivity contribution in [1.82, 2.24) is 19.7 Å². The first-order valence-corrected chi connectivity index (χ1v) is 10.4. The van der Waals surface area contributed by atoms with Gasteiger partial charge in [-0.15, -0.1) is 10.2 Å². The Bertz CT molecular complexity index is 1000. The molecule has 0 bridgehead atoms. The van der Waals surface area contributed by atoms with Crippen LogP contribution in [0.2, 0.25) is 0 Å². The molecule has 2 heterocycles. The van der Waals surface area contributed by atoms with Crippen molar-refractivity contribution in [2.45, 2.75) is 43.0 Å². The first-order valence-electron chi connectivity index (χ1n) is 9.50. The van der Waals surface area contributed by atoms with Gasteiger partial charge in [0.25, 0.3) is 5.91 Å². The van der Waals surface area contributed by atoms with Crippen LogP contribution in [0.1, 0.15) is 52.2 Å². The molecule has 0 saturated carbocycles. The Morgan fingerprint density at radius 2 is 2.04 bits per heavy atom. The summed E-state index contributed by atoms with van der Waals surface area (Å²) in [5.41, 5.74) is 4.90. The number of amides is 1. The Labute approximate surface area is 168 Å². The van der Waals surface area contributed by atoms with Crippen LogP contribution in [0.5, 0.6) is 0 Å². The van der Waals surface area contributed by atoms with Gasteiger partial charge in [0.05, 0.1) is 0 Å². The van der Waals surface area contributed by atoms with Crippen molar-refractivity contribution in [2.75, 3.05) is 5.32 Å². The lowest BCUT2D eigenvalue weighted by Gasteiger charge is -2.16. The number of anilines is 1. The van der Waals surface area contributed by atoms with Crippen molar-refractivity contribution < 1.29 is 4.79 Å². The largest absolute Gasteiger partial charge is 0.321 e. The highest BCUT2D eigenvalue weighted by Crippen LogP contribution is 2.34. The van der Waals surface area contributed by atoms with Crippen LogP contribution in [0.4, 0.5) is 5.69 Å². The zero-order chi connectivity index (χ0) is 19.5. The van der Waals surface area contributed by atoms with E-state index in [0.29, 0.717) is 5.69 Å². The van der Waals surface area contributed by atoms with Gasteiger partial charge in [-0.2, -0.15) is 0 Å². The number of rotatable bonds is 5. The highest BCUT2D eigenvalue weighted by Gasteiger charge is 2.16. The molecule has 2 aromatic heterocycles. The van der Waals surface area contributed by atoms with E-state index in [9.17, 15) is 4.79 Å². The summed E-state index contributed by atoms with van der Waals surface area (Å²) in [4.78, 5) is 17.1. The Hall–Kier alpha value is -2.67. The van der Waals surface area contributed by atoms with Crippen LogP contribution in [0.15, 0.2) is 48.0 Å². The summed E-state index contributed by atoms with van der Waals surface area (Å²) in [5.74, 6) is -0.167. The number of hydrogen-bond donors (Lipinski definition) is 1. The van der Waals surface area contributed by atoms with Crippen molar-refractivity contribution in [3.8, 4) is 0 Å². The van der Waals surface area contributed by atoms with Gasteiger partial charge in [0.2, 0.25) is 0 Å². The number of fused-ring (bicyclic) bond motifs is 1. The van der Waals surface area contributed by atoms with E-state index in [4.69, 9.17) is 0 Å². The van der Waals surface area contributed by atoms with Gasteiger partial charge in [-0.3, -0.25) is 9.78 Å². The molecular weight excluding hydrogens is 370 g/mol. The summed E-state index contributed by atoms with van der Waals surface area (Å²) in [6.45, 7) is 2.12. The van der Waals surface area contributed by atoms with Crippen LogP contribution in [-0.4, -0.2) is 25.7 Å². The minimum absolute atomic E-state index is 0.167. The number of benzene rings is 1. The molecule has 3 aromatic rings. The van der Waals surface area contributed by atoms with Gasteiger partial charge < -0.3 is 9.88 Å². The third-order valence-corrected chi connectivity index (χ3v) is 6.23. The minimum atomic E-state index is -0.167. The Balaban J connectivity index is 1.47. The van der Waals surface area contributed by atoms with Gasteiger partial charge in [0, 0.05) is 24.2 Å². The molecule has 0 radical (unpaired) electrons. The number of pyridine rings is 1. The monoisotopic (exact) mass is 393 g/mol. The maximum absolute atomic E-state index is 12.7. The van der Waals surface area contributed by atoms with Crippen LogP contribution >= 0.6 is 11.8 Å². The van der Waals surface area contributed by atoms with Gasteiger partial charge in [-0.1, -0.05) is 23.9 Å². The lowest BCUT2D eigenvalue weighted by atomic mass is 9.93. The second-order valence-electron chi connectivity index (χ2n) is 7.11. The van der Waals surface area contributed by atoms with Crippen LogP contribution in [0, 0.1) is 0 Å². The van der Waals surface area contributed by atoms with E-state index < -0.39 is 0 Å². The third kappa shape index (κ3) is 4.09. The molecular formula is C21H23N5OS. The first kappa shape index (κ1) is 18.7. The average Bonchev–Trinajstić information content (AvgIpc) is 3.12. The van der Waals surface area contributed by atoms with Gasteiger partial charge in [0.15, 0.2) is 5.16 Å². The molecule has 1 atom stereocenters. The smallest absolute Gasteiger partial charge is 0.274 e. The fourth-order valence-corrected chi connectivity index (χ4v) is 4.31. The molecule has 1 amide bonds. The summed E-state index contributed by atoms with van der Waals surface area (Å²) in [6.07, 6.45) is 8.03. The molecule has 144 valence electrons. The third-order valence-electron chi connectivity index (χ3n) is 5.02. The van der Waals surface area contributed by atoms with E-state index in [1.54, 1.807) is 18.1 Å². The van der Waals surface area contributed by atoms with E-state index in [-0.39, 0.29) is 11.2 Å². The van der Waals surface area contributed by atoms with Crippen LogP contribution in [0.3, 0.4) is 0 Å². The highest BCUT2D eigenvalue weighted by atomic mass is 32.2. The summed E-state index contributed by atoms with van der Waals surface area (Å²) in [5, 5.41) is 12.1. The van der Waals surface area contributed by atoms with Gasteiger partial charge in [-0.25, -0.2) is 0 Å². The molecule has 6 nitrogen and oxygen atoms in total. The Morgan fingerprint density at radius 3 is 2.82 bits per heavy atom. The maximum atomic E-state index is 12.7. The molecule has 1 N–H and O–H groups in total. The molecule has 1 unspecified atom stereocenters. The average molecular weight is 394 g/mol. The lowest BCUT2D eigenvalue weighted by Crippen LogP contribution is -2.15. The van der Waals surface area contributed by atoms with Crippen molar-refractivity contribution in [3.63, 3.8) is 0 Å². The maximum Gasteiger partial charge on any atom is 0.274 e. The van der Waals surface area contributed by atoms with E-state index >= 15 is 0 Å².